The van der Waals surface area contributed by atoms with Crippen LogP contribution in [0.15, 0.2) is 42.0 Å². The van der Waals surface area contributed by atoms with E-state index in [4.69, 9.17) is 12.2 Å². The molecule has 0 aliphatic carbocycles. The lowest BCUT2D eigenvalue weighted by atomic mass is 9.97. The summed E-state index contributed by atoms with van der Waals surface area (Å²) in [6.45, 7) is 6.09. The van der Waals surface area contributed by atoms with E-state index in [2.05, 4.69) is 69.7 Å². The summed E-state index contributed by atoms with van der Waals surface area (Å²) in [6, 6.07) is 8.42. The molecule has 3 aromatic heterocycles. The fraction of sp³-hybridized carbons (Fsp3) is 0.381. The monoisotopic (exact) mass is 426 g/mol. The smallest absolute Gasteiger partial charge is 0.193 e. The van der Waals surface area contributed by atoms with Crippen LogP contribution in [-0.2, 0) is 0 Å². The van der Waals surface area contributed by atoms with Gasteiger partial charge in [-0.05, 0) is 63.9 Å². The quantitative estimate of drug-likeness (QED) is 0.609. The second-order valence-corrected chi connectivity index (χ2v) is 8.86. The molecule has 29 heavy (non-hydrogen) atoms. The Hall–Kier alpha value is -2.29. The first-order chi connectivity index (χ1) is 14.0. The fourth-order valence-corrected chi connectivity index (χ4v) is 5.08. The van der Waals surface area contributed by atoms with Crippen molar-refractivity contribution in [3.63, 3.8) is 0 Å². The predicted molar refractivity (Wildman–Crippen MR) is 122 cm³/mol. The Morgan fingerprint density at radius 3 is 2.69 bits per heavy atom. The van der Waals surface area contributed by atoms with Gasteiger partial charge in [0.2, 0.25) is 0 Å². The first-order valence-electron chi connectivity index (χ1n) is 9.69. The molecule has 8 heteroatoms. The minimum absolute atomic E-state index is 0.0103. The Balaban J connectivity index is 1.79. The number of thiazole rings is 1. The van der Waals surface area contributed by atoms with Crippen LogP contribution in [0.1, 0.15) is 34.7 Å². The van der Waals surface area contributed by atoms with Crippen LogP contribution in [0.5, 0.6) is 0 Å². The molecule has 3 aromatic rings. The molecular weight excluding hydrogens is 400 g/mol. The van der Waals surface area contributed by atoms with Crippen LogP contribution < -0.4 is 5.32 Å². The van der Waals surface area contributed by atoms with Gasteiger partial charge in [0.05, 0.1) is 17.8 Å². The molecule has 0 amide bonds. The number of aryl methyl sites for hydroxylation is 1. The van der Waals surface area contributed by atoms with Crippen LogP contribution in [0, 0.1) is 13.8 Å². The van der Waals surface area contributed by atoms with Crippen molar-refractivity contribution in [2.75, 3.05) is 27.2 Å². The average molecular weight is 427 g/mol. The van der Waals surface area contributed by atoms with Crippen molar-refractivity contribution in [1.82, 2.24) is 29.7 Å². The lowest BCUT2D eigenvalue weighted by Crippen LogP contribution is -2.35. The molecule has 1 aliphatic rings. The van der Waals surface area contributed by atoms with E-state index in [-0.39, 0.29) is 12.1 Å². The number of pyridine rings is 1. The van der Waals surface area contributed by atoms with E-state index in [1.807, 2.05) is 29.9 Å². The van der Waals surface area contributed by atoms with Gasteiger partial charge in [-0.25, -0.2) is 4.98 Å². The van der Waals surface area contributed by atoms with Crippen LogP contribution >= 0.6 is 23.6 Å². The standard InChI is InChI=1S/C21H26N6S2/c1-14-13-16(15(2)27(14)21-23-9-12-29-21)19-18(17-7-5-6-8-22-17)24-20(28)26(19)11-10-25(3)4/h5-9,12-13,18-19H,10-11H2,1-4H3,(H,24,28). The number of hydrogen-bond acceptors (Lipinski definition) is 5. The Kier molecular flexibility index (Phi) is 5.67. The number of thiocarbonyl (C=S) groups is 1. The fourth-order valence-electron chi connectivity index (χ4n) is 4.00. The number of nitrogens with zero attached hydrogens (tertiary/aromatic N) is 5. The van der Waals surface area contributed by atoms with Crippen molar-refractivity contribution in [2.24, 2.45) is 0 Å². The second-order valence-electron chi connectivity index (χ2n) is 7.60. The van der Waals surface area contributed by atoms with Crippen molar-refractivity contribution >= 4 is 28.7 Å². The molecular formula is C21H26N6S2. The van der Waals surface area contributed by atoms with Crippen molar-refractivity contribution in [3.8, 4) is 5.13 Å². The number of likely N-dealkylation sites (N-methyl/N-ethyl adjacent to an activating group) is 1. The lowest BCUT2D eigenvalue weighted by molar-refractivity contribution is 0.277. The van der Waals surface area contributed by atoms with Crippen LogP contribution in [0.4, 0.5) is 0 Å². The molecule has 4 rings (SSSR count). The van der Waals surface area contributed by atoms with Gasteiger partial charge in [-0.2, -0.15) is 0 Å². The van der Waals surface area contributed by atoms with Crippen LogP contribution in [0.3, 0.4) is 0 Å². The van der Waals surface area contributed by atoms with Crippen molar-refractivity contribution in [3.05, 3.63) is 64.7 Å². The molecule has 0 aromatic carbocycles. The molecule has 1 N–H and O–H groups in total. The van der Waals surface area contributed by atoms with Crippen molar-refractivity contribution in [1.29, 1.82) is 0 Å². The number of hydrogen-bond donors (Lipinski definition) is 1. The summed E-state index contributed by atoms with van der Waals surface area (Å²) in [6.07, 6.45) is 3.70. The molecule has 0 radical (unpaired) electrons. The Morgan fingerprint density at radius 2 is 2.03 bits per heavy atom. The van der Waals surface area contributed by atoms with Gasteiger partial charge < -0.3 is 15.1 Å². The molecule has 0 saturated carbocycles. The van der Waals surface area contributed by atoms with Gasteiger partial charge in [0.1, 0.15) is 0 Å². The molecule has 4 heterocycles. The minimum Gasteiger partial charge on any atom is -0.352 e. The SMILES string of the molecule is Cc1cc(C2C(c3ccccn3)NC(=S)N2CCN(C)C)c(C)n1-c1nccs1. The molecule has 0 spiro atoms. The summed E-state index contributed by atoms with van der Waals surface area (Å²) in [5, 5.41) is 7.33. The first-order valence-corrected chi connectivity index (χ1v) is 11.0. The Labute approximate surface area is 181 Å². The van der Waals surface area contributed by atoms with Crippen molar-refractivity contribution in [2.45, 2.75) is 25.9 Å². The average Bonchev–Trinajstić information content (AvgIpc) is 3.39. The Bertz CT molecular complexity index is 980. The first kappa shape index (κ1) is 20.0. The van der Waals surface area contributed by atoms with Gasteiger partial charge in [0.25, 0.3) is 0 Å². The van der Waals surface area contributed by atoms with Crippen molar-refractivity contribution < 1.29 is 0 Å². The van der Waals surface area contributed by atoms with Gasteiger partial charge in [-0.3, -0.25) is 9.55 Å². The Morgan fingerprint density at radius 1 is 1.21 bits per heavy atom. The van der Waals surface area contributed by atoms with E-state index in [0.29, 0.717) is 0 Å². The zero-order valence-corrected chi connectivity index (χ0v) is 18.8. The molecule has 6 nitrogen and oxygen atoms in total. The van der Waals surface area contributed by atoms with Gasteiger partial charge in [0, 0.05) is 42.3 Å². The minimum atomic E-state index is 0.0103. The topological polar surface area (TPSA) is 49.2 Å². The normalized spacial score (nSPS) is 19.2. The maximum atomic E-state index is 5.76. The highest BCUT2D eigenvalue weighted by molar-refractivity contribution is 7.80. The number of nitrogens with one attached hydrogen (secondary N) is 1. The largest absolute Gasteiger partial charge is 0.352 e. The van der Waals surface area contributed by atoms with Crippen LogP contribution in [0.25, 0.3) is 5.13 Å². The van der Waals surface area contributed by atoms with Gasteiger partial charge in [-0.1, -0.05) is 6.07 Å². The van der Waals surface area contributed by atoms with Crippen LogP contribution in [0.2, 0.25) is 0 Å². The highest BCUT2D eigenvalue weighted by atomic mass is 32.1. The summed E-state index contributed by atoms with van der Waals surface area (Å²) in [5.41, 5.74) is 4.65. The molecule has 1 fully saturated rings. The molecule has 1 saturated heterocycles. The predicted octanol–water partition coefficient (Wildman–Crippen LogP) is 3.48. The van der Waals surface area contributed by atoms with Gasteiger partial charge in [0.15, 0.2) is 10.2 Å². The summed E-state index contributed by atoms with van der Waals surface area (Å²) < 4.78 is 2.24. The lowest BCUT2D eigenvalue weighted by Gasteiger charge is -2.29. The van der Waals surface area contributed by atoms with Crippen LogP contribution in [-0.4, -0.2) is 56.6 Å². The summed E-state index contributed by atoms with van der Waals surface area (Å²) in [4.78, 5) is 13.7. The molecule has 1 aliphatic heterocycles. The second kappa shape index (κ2) is 8.22. The maximum absolute atomic E-state index is 5.76. The zero-order chi connectivity index (χ0) is 20.5. The summed E-state index contributed by atoms with van der Waals surface area (Å²) in [7, 11) is 4.18. The summed E-state index contributed by atoms with van der Waals surface area (Å²) >= 11 is 7.41. The zero-order valence-electron chi connectivity index (χ0n) is 17.2. The summed E-state index contributed by atoms with van der Waals surface area (Å²) in [5.74, 6) is 0. The third-order valence-corrected chi connectivity index (χ3v) is 6.49. The van der Waals surface area contributed by atoms with E-state index >= 15 is 0 Å². The molecule has 2 unspecified atom stereocenters. The third kappa shape index (κ3) is 3.80. The van der Waals surface area contributed by atoms with Gasteiger partial charge >= 0.3 is 0 Å². The molecule has 2 atom stereocenters. The molecule has 0 bridgehead atoms. The van der Waals surface area contributed by atoms with E-state index in [0.717, 1.165) is 29.0 Å². The third-order valence-electron chi connectivity index (χ3n) is 5.39. The van der Waals surface area contributed by atoms with E-state index < -0.39 is 0 Å². The maximum Gasteiger partial charge on any atom is 0.193 e. The highest BCUT2D eigenvalue weighted by Crippen LogP contribution is 2.41. The van der Waals surface area contributed by atoms with Gasteiger partial charge in [-0.15, -0.1) is 11.3 Å². The van der Waals surface area contributed by atoms with E-state index in [1.165, 1.54) is 17.0 Å². The molecule has 152 valence electrons. The highest BCUT2D eigenvalue weighted by Gasteiger charge is 2.41. The van der Waals surface area contributed by atoms with E-state index in [9.17, 15) is 0 Å². The number of rotatable bonds is 6. The number of aromatic nitrogens is 3. The van der Waals surface area contributed by atoms with E-state index in [1.54, 1.807) is 11.3 Å².